The monoisotopic (exact) mass is 134 g/mol. The van der Waals surface area contributed by atoms with Crippen molar-refractivity contribution in [3.05, 3.63) is 29.6 Å². The predicted octanol–water partition coefficient (Wildman–Crippen LogP) is 1.39. The van der Waals surface area contributed by atoms with Gasteiger partial charge in [-0.15, -0.1) is 0 Å². The largest absolute Gasteiger partial charge is 0.294 e. The van der Waals surface area contributed by atoms with E-state index in [1.807, 2.05) is 0 Å². The topological polar surface area (TPSA) is 30.0 Å². The molecule has 0 N–H and O–H groups in total. The van der Waals surface area contributed by atoms with Gasteiger partial charge in [-0.3, -0.25) is 9.78 Å². The van der Waals surface area contributed by atoms with Crippen LogP contribution in [0.2, 0.25) is 0 Å². The van der Waals surface area contributed by atoms with Gasteiger partial charge in [-0.25, -0.2) is 0 Å². The van der Waals surface area contributed by atoms with E-state index >= 15 is 0 Å². The van der Waals surface area contributed by atoms with Crippen molar-refractivity contribution in [3.63, 3.8) is 0 Å². The van der Waals surface area contributed by atoms with Crippen molar-refractivity contribution in [1.82, 2.24) is 4.98 Å². The van der Waals surface area contributed by atoms with Crippen LogP contribution in [0.5, 0.6) is 0 Å². The maximum absolute atomic E-state index is 10.8. The summed E-state index contributed by atoms with van der Waals surface area (Å²) in [6.45, 7) is 3.31. The lowest BCUT2D eigenvalue weighted by molar-refractivity contribution is 0.101. The average Bonchev–Trinajstić information content (AvgIpc) is 1.88. The van der Waals surface area contributed by atoms with Gasteiger partial charge in [0, 0.05) is 17.5 Å². The van der Waals surface area contributed by atoms with E-state index in [0.29, 0.717) is 5.56 Å². The van der Waals surface area contributed by atoms with Crippen LogP contribution in [0.25, 0.3) is 0 Å². The number of pyridine rings is 1. The molecule has 0 saturated heterocycles. The summed E-state index contributed by atoms with van der Waals surface area (Å²) in [5.74, 6) is 0.0191. The van der Waals surface area contributed by atoms with Gasteiger partial charge in [0.1, 0.15) is 0 Å². The molecular weight excluding hydrogens is 126 g/mol. The van der Waals surface area contributed by atoms with Crippen LogP contribution < -0.4 is 0 Å². The van der Waals surface area contributed by atoms with Gasteiger partial charge in [0.15, 0.2) is 5.78 Å². The molecule has 0 bridgehead atoms. The van der Waals surface area contributed by atoms with E-state index in [9.17, 15) is 4.79 Å². The highest BCUT2D eigenvalue weighted by atomic mass is 16.1. The molecule has 1 radical (unpaired) electrons. The smallest absolute Gasteiger partial charge is 0.162 e. The van der Waals surface area contributed by atoms with Crippen molar-refractivity contribution in [2.75, 3.05) is 0 Å². The molecule has 10 heavy (non-hydrogen) atoms. The van der Waals surface area contributed by atoms with Gasteiger partial charge < -0.3 is 0 Å². The minimum absolute atomic E-state index is 0.0191. The molecule has 0 atom stereocenters. The van der Waals surface area contributed by atoms with Gasteiger partial charge in [0.05, 0.1) is 0 Å². The lowest BCUT2D eigenvalue weighted by Gasteiger charge is -1.96. The normalized spacial score (nSPS) is 9.40. The molecule has 0 aromatic carbocycles. The van der Waals surface area contributed by atoms with Gasteiger partial charge in [0.25, 0.3) is 0 Å². The van der Waals surface area contributed by atoms with E-state index in [2.05, 4.69) is 11.1 Å². The predicted molar refractivity (Wildman–Crippen MR) is 37.8 cm³/mol. The van der Waals surface area contributed by atoms with E-state index in [4.69, 9.17) is 0 Å². The van der Waals surface area contributed by atoms with Crippen LogP contribution in [-0.2, 0) is 0 Å². The Morgan fingerprint density at radius 2 is 2.40 bits per heavy atom. The second-order valence-corrected chi connectivity index (χ2v) is 2.11. The molecule has 0 spiro atoms. The highest BCUT2D eigenvalue weighted by Gasteiger charge is 2.01. The third-order valence-electron chi connectivity index (χ3n) is 1.28. The zero-order chi connectivity index (χ0) is 7.56. The van der Waals surface area contributed by atoms with Crippen molar-refractivity contribution in [3.8, 4) is 0 Å². The standard InChI is InChI=1S/C8H8NO/c1-6-8(7(2)10)4-3-5-9-6/h3,5H,1-2H3. The van der Waals surface area contributed by atoms with Crippen LogP contribution in [0.3, 0.4) is 0 Å². The highest BCUT2D eigenvalue weighted by molar-refractivity contribution is 5.94. The summed E-state index contributed by atoms with van der Waals surface area (Å²) < 4.78 is 0. The Labute approximate surface area is 59.9 Å². The number of Topliss-reactive ketones (excluding diaryl/α,β-unsaturated/α-hetero) is 1. The molecule has 2 nitrogen and oxygen atoms in total. The zero-order valence-corrected chi connectivity index (χ0v) is 6.01. The molecule has 0 fully saturated rings. The number of carbonyl (C=O) groups is 1. The first kappa shape index (κ1) is 6.93. The van der Waals surface area contributed by atoms with Crippen molar-refractivity contribution < 1.29 is 4.79 Å². The number of ketones is 1. The molecule has 0 aliphatic rings. The quantitative estimate of drug-likeness (QED) is 0.543. The van der Waals surface area contributed by atoms with Crippen molar-refractivity contribution >= 4 is 5.78 Å². The van der Waals surface area contributed by atoms with Crippen LogP contribution in [-0.4, -0.2) is 10.8 Å². The Morgan fingerprint density at radius 1 is 1.70 bits per heavy atom. The average molecular weight is 134 g/mol. The summed E-state index contributed by atoms with van der Waals surface area (Å²) in [6, 6.07) is 4.47. The Bertz CT molecular complexity index is 255. The van der Waals surface area contributed by atoms with E-state index in [0.717, 1.165) is 5.69 Å². The Morgan fingerprint density at radius 3 is 2.80 bits per heavy atom. The minimum Gasteiger partial charge on any atom is -0.294 e. The van der Waals surface area contributed by atoms with Gasteiger partial charge in [0.2, 0.25) is 0 Å². The third kappa shape index (κ3) is 1.21. The minimum atomic E-state index is 0.0191. The third-order valence-corrected chi connectivity index (χ3v) is 1.28. The van der Waals surface area contributed by atoms with Crippen LogP contribution in [0.1, 0.15) is 23.0 Å². The fraction of sp³-hybridized carbons (Fsp3) is 0.250. The van der Waals surface area contributed by atoms with Gasteiger partial charge in [-0.1, -0.05) is 0 Å². The van der Waals surface area contributed by atoms with Gasteiger partial charge in [-0.05, 0) is 26.0 Å². The van der Waals surface area contributed by atoms with E-state index in [1.54, 1.807) is 19.2 Å². The SMILES string of the molecule is CC(=O)c1[c]ccnc1C. The maximum atomic E-state index is 10.8. The first-order valence-corrected chi connectivity index (χ1v) is 3.06. The Hall–Kier alpha value is -1.18. The molecule has 1 rings (SSSR count). The molecule has 1 aromatic heterocycles. The summed E-state index contributed by atoms with van der Waals surface area (Å²) in [6.07, 6.45) is 1.63. The number of nitrogens with zero attached hydrogens (tertiary/aromatic N) is 1. The van der Waals surface area contributed by atoms with Crippen molar-refractivity contribution in [2.45, 2.75) is 13.8 Å². The molecule has 1 heterocycles. The molecule has 0 aliphatic heterocycles. The van der Waals surface area contributed by atoms with E-state index in [1.165, 1.54) is 6.92 Å². The van der Waals surface area contributed by atoms with Gasteiger partial charge in [-0.2, -0.15) is 0 Å². The second-order valence-electron chi connectivity index (χ2n) is 2.11. The number of aromatic nitrogens is 1. The number of rotatable bonds is 1. The molecule has 2 heteroatoms. The summed E-state index contributed by atoms with van der Waals surface area (Å²) >= 11 is 0. The Kier molecular flexibility index (Phi) is 1.81. The molecule has 1 aromatic rings. The maximum Gasteiger partial charge on any atom is 0.162 e. The number of carbonyl (C=O) groups excluding carboxylic acids is 1. The lowest BCUT2D eigenvalue weighted by Crippen LogP contribution is -1.97. The second kappa shape index (κ2) is 2.60. The van der Waals surface area contributed by atoms with Crippen molar-refractivity contribution in [2.24, 2.45) is 0 Å². The summed E-state index contributed by atoms with van der Waals surface area (Å²) in [5.41, 5.74) is 1.33. The highest BCUT2D eigenvalue weighted by Crippen LogP contribution is 2.02. The first-order valence-electron chi connectivity index (χ1n) is 3.06. The molecular formula is C8H8NO. The lowest BCUT2D eigenvalue weighted by atomic mass is 10.1. The molecule has 51 valence electrons. The van der Waals surface area contributed by atoms with Crippen LogP contribution in [0.15, 0.2) is 12.3 Å². The van der Waals surface area contributed by atoms with Crippen LogP contribution in [0.4, 0.5) is 0 Å². The van der Waals surface area contributed by atoms with Crippen LogP contribution >= 0.6 is 0 Å². The summed E-state index contributed by atoms with van der Waals surface area (Å²) in [4.78, 5) is 14.7. The molecule has 0 aliphatic carbocycles. The summed E-state index contributed by atoms with van der Waals surface area (Å²) in [5, 5.41) is 0. The van der Waals surface area contributed by atoms with E-state index in [-0.39, 0.29) is 5.78 Å². The first-order chi connectivity index (χ1) is 4.72. The van der Waals surface area contributed by atoms with Crippen molar-refractivity contribution in [1.29, 1.82) is 0 Å². The molecule has 0 unspecified atom stereocenters. The summed E-state index contributed by atoms with van der Waals surface area (Å²) in [7, 11) is 0. The molecule has 0 amide bonds. The zero-order valence-electron chi connectivity index (χ0n) is 6.01. The number of hydrogen-bond acceptors (Lipinski definition) is 2. The number of aryl methyl sites for hydroxylation is 1. The fourth-order valence-corrected chi connectivity index (χ4v) is 0.795. The Balaban J connectivity index is 3.15. The van der Waals surface area contributed by atoms with Crippen LogP contribution in [0, 0.1) is 13.0 Å². The van der Waals surface area contributed by atoms with E-state index < -0.39 is 0 Å². The number of hydrogen-bond donors (Lipinski definition) is 0. The fourth-order valence-electron chi connectivity index (χ4n) is 0.795. The molecule has 0 saturated carbocycles. The van der Waals surface area contributed by atoms with Gasteiger partial charge >= 0.3 is 0 Å².